The molecule has 0 aliphatic heterocycles. The molecule has 0 unspecified atom stereocenters. The molecule has 21 heavy (non-hydrogen) atoms. The van der Waals surface area contributed by atoms with E-state index >= 15 is 0 Å². The van der Waals surface area contributed by atoms with E-state index in [4.69, 9.17) is 0 Å². The number of nitrogens with zero attached hydrogens (tertiary/aromatic N) is 1. The van der Waals surface area contributed by atoms with E-state index in [-0.39, 0.29) is 17.9 Å². The predicted octanol–water partition coefficient (Wildman–Crippen LogP) is 3.67. The average molecular weight is 289 g/mol. The van der Waals surface area contributed by atoms with Crippen LogP contribution in [0.15, 0.2) is 48.5 Å². The molecule has 0 amide bonds. The van der Waals surface area contributed by atoms with E-state index < -0.39 is 11.6 Å². The predicted molar refractivity (Wildman–Crippen MR) is 78.1 cm³/mol. The second kappa shape index (κ2) is 7.09. The summed E-state index contributed by atoms with van der Waals surface area (Å²) in [6, 6.07) is 13.1. The summed E-state index contributed by atoms with van der Waals surface area (Å²) < 4.78 is 26.0. The van der Waals surface area contributed by atoms with Gasteiger partial charge >= 0.3 is 0 Å². The smallest absolute Gasteiger partial charge is 0.176 e. The van der Waals surface area contributed by atoms with Crippen LogP contribution in [0, 0.1) is 11.6 Å². The SMILES string of the molecule is CCN(CC(=O)c1ccc(F)c(F)c1)Cc1ccccc1. The van der Waals surface area contributed by atoms with Crippen LogP contribution < -0.4 is 0 Å². The Morgan fingerprint density at radius 2 is 1.76 bits per heavy atom. The third-order valence-corrected chi connectivity index (χ3v) is 3.31. The fourth-order valence-corrected chi connectivity index (χ4v) is 2.09. The Morgan fingerprint density at radius 1 is 1.05 bits per heavy atom. The molecule has 0 fully saturated rings. The van der Waals surface area contributed by atoms with Gasteiger partial charge < -0.3 is 0 Å². The van der Waals surface area contributed by atoms with Crippen LogP contribution in [0.5, 0.6) is 0 Å². The maximum absolute atomic E-state index is 13.2. The molecular weight excluding hydrogens is 272 g/mol. The molecule has 0 spiro atoms. The van der Waals surface area contributed by atoms with Gasteiger partial charge in [-0.2, -0.15) is 0 Å². The van der Waals surface area contributed by atoms with Crippen molar-refractivity contribution in [3.8, 4) is 0 Å². The van der Waals surface area contributed by atoms with Crippen molar-refractivity contribution in [2.45, 2.75) is 13.5 Å². The molecular formula is C17H17F2NO. The molecule has 110 valence electrons. The lowest BCUT2D eigenvalue weighted by Gasteiger charge is -2.19. The number of ketones is 1. The first-order chi connectivity index (χ1) is 10.1. The van der Waals surface area contributed by atoms with E-state index in [9.17, 15) is 13.6 Å². The lowest BCUT2D eigenvalue weighted by atomic mass is 10.1. The van der Waals surface area contributed by atoms with Crippen LogP contribution in [0.25, 0.3) is 0 Å². The number of likely N-dealkylation sites (N-methyl/N-ethyl adjacent to an activating group) is 1. The third-order valence-electron chi connectivity index (χ3n) is 3.31. The van der Waals surface area contributed by atoms with Gasteiger partial charge in [-0.05, 0) is 30.3 Å². The van der Waals surface area contributed by atoms with Gasteiger partial charge in [0.2, 0.25) is 0 Å². The first-order valence-electron chi connectivity index (χ1n) is 6.84. The molecule has 2 rings (SSSR count). The minimum Gasteiger partial charge on any atom is -0.293 e. The molecule has 0 radical (unpaired) electrons. The highest BCUT2D eigenvalue weighted by Crippen LogP contribution is 2.11. The molecule has 0 aliphatic rings. The van der Waals surface area contributed by atoms with Crippen molar-refractivity contribution >= 4 is 5.78 Å². The Balaban J connectivity index is 2.04. The summed E-state index contributed by atoms with van der Waals surface area (Å²) in [5.41, 5.74) is 1.30. The zero-order chi connectivity index (χ0) is 15.2. The summed E-state index contributed by atoms with van der Waals surface area (Å²) in [6.07, 6.45) is 0. The van der Waals surface area contributed by atoms with Gasteiger partial charge in [-0.1, -0.05) is 37.3 Å². The fraction of sp³-hybridized carbons (Fsp3) is 0.235. The highest BCUT2D eigenvalue weighted by molar-refractivity contribution is 5.97. The summed E-state index contributed by atoms with van der Waals surface area (Å²) in [5, 5.41) is 0. The number of hydrogen-bond donors (Lipinski definition) is 0. The van der Waals surface area contributed by atoms with Crippen LogP contribution in [0.1, 0.15) is 22.8 Å². The lowest BCUT2D eigenvalue weighted by Crippen LogP contribution is -2.29. The number of halogens is 2. The van der Waals surface area contributed by atoms with E-state index in [2.05, 4.69) is 0 Å². The van der Waals surface area contributed by atoms with Crippen molar-refractivity contribution in [3.63, 3.8) is 0 Å². The van der Waals surface area contributed by atoms with E-state index in [0.717, 1.165) is 17.7 Å². The topological polar surface area (TPSA) is 20.3 Å². The Labute approximate surface area is 123 Å². The van der Waals surface area contributed by atoms with Crippen LogP contribution in [0.3, 0.4) is 0 Å². The minimum atomic E-state index is -0.994. The quantitative estimate of drug-likeness (QED) is 0.756. The van der Waals surface area contributed by atoms with Crippen molar-refractivity contribution < 1.29 is 13.6 Å². The summed E-state index contributed by atoms with van der Waals surface area (Å²) in [5.74, 6) is -2.15. The molecule has 0 saturated heterocycles. The van der Waals surface area contributed by atoms with Gasteiger partial charge in [0, 0.05) is 12.1 Å². The number of carbonyl (C=O) groups is 1. The molecule has 0 aromatic heterocycles. The number of rotatable bonds is 6. The van der Waals surface area contributed by atoms with Gasteiger partial charge in [0.15, 0.2) is 17.4 Å². The van der Waals surface area contributed by atoms with Crippen LogP contribution in [-0.4, -0.2) is 23.8 Å². The van der Waals surface area contributed by atoms with E-state index in [0.29, 0.717) is 13.1 Å². The van der Waals surface area contributed by atoms with Gasteiger partial charge in [-0.15, -0.1) is 0 Å². The van der Waals surface area contributed by atoms with Gasteiger partial charge in [0.1, 0.15) is 0 Å². The Morgan fingerprint density at radius 3 is 2.38 bits per heavy atom. The lowest BCUT2D eigenvalue weighted by molar-refractivity contribution is 0.0929. The molecule has 2 nitrogen and oxygen atoms in total. The second-order valence-electron chi connectivity index (χ2n) is 4.84. The largest absolute Gasteiger partial charge is 0.293 e. The molecule has 0 heterocycles. The molecule has 0 N–H and O–H groups in total. The van der Waals surface area contributed by atoms with Crippen LogP contribution in [-0.2, 0) is 6.54 Å². The van der Waals surface area contributed by atoms with Gasteiger partial charge in [0.25, 0.3) is 0 Å². The van der Waals surface area contributed by atoms with E-state index in [1.54, 1.807) is 0 Å². The van der Waals surface area contributed by atoms with Gasteiger partial charge in [0.05, 0.1) is 6.54 Å². The minimum absolute atomic E-state index is 0.177. The third kappa shape index (κ3) is 4.20. The Hall–Kier alpha value is -2.07. The van der Waals surface area contributed by atoms with Crippen molar-refractivity contribution in [3.05, 3.63) is 71.3 Å². The Kier molecular flexibility index (Phi) is 5.17. The fourth-order valence-electron chi connectivity index (χ4n) is 2.09. The van der Waals surface area contributed by atoms with Crippen LogP contribution >= 0.6 is 0 Å². The average Bonchev–Trinajstić information content (AvgIpc) is 2.50. The maximum Gasteiger partial charge on any atom is 0.176 e. The van der Waals surface area contributed by atoms with Crippen molar-refractivity contribution in [1.82, 2.24) is 4.90 Å². The number of hydrogen-bond acceptors (Lipinski definition) is 2. The molecule has 0 saturated carbocycles. The van der Waals surface area contributed by atoms with Crippen LogP contribution in [0.2, 0.25) is 0 Å². The highest BCUT2D eigenvalue weighted by atomic mass is 19.2. The monoisotopic (exact) mass is 289 g/mol. The summed E-state index contributed by atoms with van der Waals surface area (Å²) in [4.78, 5) is 14.1. The van der Waals surface area contributed by atoms with Crippen molar-refractivity contribution in [2.75, 3.05) is 13.1 Å². The molecule has 0 atom stereocenters. The van der Waals surface area contributed by atoms with E-state index in [1.165, 1.54) is 6.07 Å². The second-order valence-corrected chi connectivity index (χ2v) is 4.84. The molecule has 0 bridgehead atoms. The van der Waals surface area contributed by atoms with Gasteiger partial charge in [-0.3, -0.25) is 9.69 Å². The maximum atomic E-state index is 13.2. The van der Waals surface area contributed by atoms with E-state index in [1.807, 2.05) is 42.2 Å². The molecule has 0 aliphatic carbocycles. The zero-order valence-corrected chi connectivity index (χ0v) is 11.9. The summed E-state index contributed by atoms with van der Waals surface area (Å²) in [7, 11) is 0. The van der Waals surface area contributed by atoms with Crippen LogP contribution in [0.4, 0.5) is 8.78 Å². The number of benzene rings is 2. The zero-order valence-electron chi connectivity index (χ0n) is 11.9. The molecule has 2 aromatic rings. The van der Waals surface area contributed by atoms with Crippen molar-refractivity contribution in [2.24, 2.45) is 0 Å². The number of Topliss-reactive ketones (excluding diaryl/α,β-unsaturated/α-hetero) is 1. The first-order valence-corrected chi connectivity index (χ1v) is 6.84. The van der Waals surface area contributed by atoms with Gasteiger partial charge in [-0.25, -0.2) is 8.78 Å². The first kappa shape index (κ1) is 15.3. The highest BCUT2D eigenvalue weighted by Gasteiger charge is 2.13. The molecule has 4 heteroatoms. The normalized spacial score (nSPS) is 10.9. The summed E-state index contributed by atoms with van der Waals surface area (Å²) >= 11 is 0. The number of carbonyl (C=O) groups excluding carboxylic acids is 1. The summed E-state index contributed by atoms with van der Waals surface area (Å²) in [6.45, 7) is 3.48. The standard InChI is InChI=1S/C17H17F2NO/c1-2-20(11-13-6-4-3-5-7-13)12-17(21)14-8-9-15(18)16(19)10-14/h3-10H,2,11-12H2,1H3. The van der Waals surface area contributed by atoms with Crippen molar-refractivity contribution in [1.29, 1.82) is 0 Å². The Bertz CT molecular complexity index is 613. The molecule has 2 aromatic carbocycles.